The Balaban J connectivity index is 2.78. The van der Waals surface area contributed by atoms with E-state index >= 15 is 0 Å². The van der Waals surface area contributed by atoms with Crippen LogP contribution >= 0.6 is 0 Å². The van der Waals surface area contributed by atoms with Crippen molar-refractivity contribution in [2.45, 2.75) is 30.8 Å². The highest BCUT2D eigenvalue weighted by Gasteiger charge is 2.63. The Bertz CT molecular complexity index is 337. The molecule has 1 aliphatic heterocycles. The summed E-state index contributed by atoms with van der Waals surface area (Å²) in [6.45, 7) is -0.282. The van der Waals surface area contributed by atoms with Gasteiger partial charge in [-0.2, -0.15) is 0 Å². The van der Waals surface area contributed by atoms with Crippen LogP contribution in [0.3, 0.4) is 0 Å². The number of nitrogens with one attached hydrogen (secondary N) is 1. The Morgan fingerprint density at radius 3 is 2.65 bits per heavy atom. The number of hydrogen-bond acceptors (Lipinski definition) is 5. The van der Waals surface area contributed by atoms with Crippen LogP contribution in [0.2, 0.25) is 0 Å². The Morgan fingerprint density at radius 1 is 1.65 bits per heavy atom. The standard InChI is InChI=1S/C9H14F2N2O4/c1-8(10)6(16)9(11,4-14)17-7(8)13-3-2-5(12)15/h2-3,6-7,13-14,16H,4H2,1H3,(H2,12,15)/b3-2-/t6?,7-,8-,9-/m1/s1. The predicted octanol–water partition coefficient (Wildman–Crippen LogP) is -1.32. The summed E-state index contributed by atoms with van der Waals surface area (Å²) in [6, 6.07) is 0. The van der Waals surface area contributed by atoms with Gasteiger partial charge in [0.1, 0.15) is 6.61 Å². The number of alkyl halides is 2. The topological polar surface area (TPSA) is 105 Å². The maximum atomic E-state index is 13.9. The van der Waals surface area contributed by atoms with Crippen LogP contribution in [0.1, 0.15) is 6.92 Å². The quantitative estimate of drug-likeness (QED) is 0.464. The first kappa shape index (κ1) is 13.8. The first-order chi connectivity index (χ1) is 7.74. The second-order valence-electron chi connectivity index (χ2n) is 3.90. The highest BCUT2D eigenvalue weighted by molar-refractivity contribution is 5.85. The molecule has 0 spiro atoms. The molecule has 98 valence electrons. The van der Waals surface area contributed by atoms with Crippen LogP contribution < -0.4 is 11.1 Å². The van der Waals surface area contributed by atoms with Crippen molar-refractivity contribution in [3.05, 3.63) is 12.3 Å². The number of halogens is 2. The second kappa shape index (κ2) is 4.55. The Kier molecular flexibility index (Phi) is 3.70. The van der Waals surface area contributed by atoms with E-state index in [9.17, 15) is 18.7 Å². The number of ether oxygens (including phenoxy) is 1. The van der Waals surface area contributed by atoms with Gasteiger partial charge in [0.25, 0.3) is 5.85 Å². The number of nitrogens with two attached hydrogens (primary N) is 1. The fourth-order valence-electron chi connectivity index (χ4n) is 1.48. The van der Waals surface area contributed by atoms with Gasteiger partial charge < -0.3 is 26.0 Å². The van der Waals surface area contributed by atoms with Gasteiger partial charge in [-0.05, 0) is 6.92 Å². The zero-order chi connectivity index (χ0) is 13.3. The zero-order valence-corrected chi connectivity index (χ0v) is 9.06. The Labute approximate surface area is 96.0 Å². The molecule has 1 saturated heterocycles. The van der Waals surface area contributed by atoms with E-state index in [1.165, 1.54) is 0 Å². The van der Waals surface area contributed by atoms with Gasteiger partial charge in [0.15, 0.2) is 18.0 Å². The van der Waals surface area contributed by atoms with E-state index in [-0.39, 0.29) is 0 Å². The SMILES string of the molecule is C[C@@]1(F)C(O)[C@@](F)(CO)O[C@H]1N/C=C\C(N)=O. The maximum absolute atomic E-state index is 13.9. The molecule has 17 heavy (non-hydrogen) atoms. The molecule has 0 bridgehead atoms. The van der Waals surface area contributed by atoms with Crippen LogP contribution in [-0.4, -0.2) is 46.6 Å². The minimum Gasteiger partial charge on any atom is -0.390 e. The fraction of sp³-hybridized carbons (Fsp3) is 0.667. The third-order valence-electron chi connectivity index (χ3n) is 2.48. The molecule has 1 heterocycles. The molecule has 6 nitrogen and oxygen atoms in total. The molecule has 5 N–H and O–H groups in total. The summed E-state index contributed by atoms with van der Waals surface area (Å²) in [5, 5.41) is 20.3. The number of rotatable bonds is 4. The summed E-state index contributed by atoms with van der Waals surface area (Å²) in [5.74, 6) is -3.67. The first-order valence-corrected chi connectivity index (χ1v) is 4.80. The van der Waals surface area contributed by atoms with E-state index in [1.54, 1.807) is 0 Å². The highest BCUT2D eigenvalue weighted by atomic mass is 19.2. The molecule has 4 atom stereocenters. The summed E-state index contributed by atoms with van der Waals surface area (Å²) in [6.07, 6.45) is -1.85. The Morgan fingerprint density at radius 2 is 2.24 bits per heavy atom. The molecule has 8 heteroatoms. The van der Waals surface area contributed by atoms with Gasteiger partial charge in [0.05, 0.1) is 0 Å². The lowest BCUT2D eigenvalue weighted by Gasteiger charge is -2.23. The van der Waals surface area contributed by atoms with Crippen LogP contribution in [0.25, 0.3) is 0 Å². The molecule has 0 aromatic heterocycles. The van der Waals surface area contributed by atoms with Crippen LogP contribution in [0.15, 0.2) is 12.3 Å². The summed E-state index contributed by atoms with van der Waals surface area (Å²) in [7, 11) is 0. The van der Waals surface area contributed by atoms with Gasteiger partial charge in [-0.25, -0.2) is 8.78 Å². The first-order valence-electron chi connectivity index (χ1n) is 4.80. The van der Waals surface area contributed by atoms with Crippen molar-refractivity contribution in [1.82, 2.24) is 5.32 Å². The molecule has 0 aromatic rings. The molecule has 1 unspecified atom stereocenters. The third-order valence-corrected chi connectivity index (χ3v) is 2.48. The molecular formula is C9H14F2N2O4. The summed E-state index contributed by atoms with van der Waals surface area (Å²) in [5.41, 5.74) is 2.32. The van der Waals surface area contributed by atoms with Crippen LogP contribution in [0.4, 0.5) is 8.78 Å². The van der Waals surface area contributed by atoms with Gasteiger partial charge in [-0.15, -0.1) is 0 Å². The number of hydrogen-bond donors (Lipinski definition) is 4. The van der Waals surface area contributed by atoms with Crippen molar-refractivity contribution in [2.75, 3.05) is 6.61 Å². The fourth-order valence-corrected chi connectivity index (χ4v) is 1.48. The van der Waals surface area contributed by atoms with E-state index in [0.717, 1.165) is 19.2 Å². The molecule has 1 amide bonds. The van der Waals surface area contributed by atoms with Crippen molar-refractivity contribution in [3.8, 4) is 0 Å². The third kappa shape index (κ3) is 2.54. The number of aliphatic hydroxyl groups is 2. The predicted molar refractivity (Wildman–Crippen MR) is 52.8 cm³/mol. The average molecular weight is 252 g/mol. The summed E-state index contributed by atoms with van der Waals surface area (Å²) in [4.78, 5) is 10.4. The lowest BCUT2D eigenvalue weighted by molar-refractivity contribution is -0.198. The average Bonchev–Trinajstić information content (AvgIpc) is 2.41. The molecule has 1 rings (SSSR count). The second-order valence-corrected chi connectivity index (χ2v) is 3.90. The molecule has 0 aromatic carbocycles. The Hall–Kier alpha value is -1.25. The lowest BCUT2D eigenvalue weighted by Crippen LogP contribution is -2.48. The van der Waals surface area contributed by atoms with E-state index in [4.69, 9.17) is 10.8 Å². The lowest BCUT2D eigenvalue weighted by atomic mass is 9.97. The molecule has 0 aliphatic carbocycles. The molecule has 1 aliphatic rings. The van der Waals surface area contributed by atoms with Gasteiger partial charge in [0.2, 0.25) is 5.91 Å². The maximum Gasteiger partial charge on any atom is 0.263 e. The number of primary amides is 1. The highest BCUT2D eigenvalue weighted by Crippen LogP contribution is 2.40. The number of aliphatic hydroxyl groups excluding tert-OH is 2. The van der Waals surface area contributed by atoms with Crippen molar-refractivity contribution < 1.29 is 28.5 Å². The number of amides is 1. The minimum atomic E-state index is -2.89. The normalized spacial score (nSPS) is 41.9. The summed E-state index contributed by atoms with van der Waals surface area (Å²) >= 11 is 0. The van der Waals surface area contributed by atoms with Crippen molar-refractivity contribution >= 4 is 5.91 Å². The molecular weight excluding hydrogens is 238 g/mol. The van der Waals surface area contributed by atoms with Gasteiger partial charge in [-0.3, -0.25) is 4.79 Å². The van der Waals surface area contributed by atoms with Crippen molar-refractivity contribution in [3.63, 3.8) is 0 Å². The largest absolute Gasteiger partial charge is 0.390 e. The van der Waals surface area contributed by atoms with E-state index < -0.39 is 36.4 Å². The van der Waals surface area contributed by atoms with Gasteiger partial charge in [0, 0.05) is 12.3 Å². The smallest absolute Gasteiger partial charge is 0.263 e. The summed E-state index contributed by atoms with van der Waals surface area (Å²) < 4.78 is 32.1. The molecule has 1 fully saturated rings. The van der Waals surface area contributed by atoms with Gasteiger partial charge >= 0.3 is 0 Å². The van der Waals surface area contributed by atoms with Crippen LogP contribution in [-0.2, 0) is 9.53 Å². The molecule has 0 radical (unpaired) electrons. The van der Waals surface area contributed by atoms with Crippen LogP contribution in [0, 0.1) is 0 Å². The minimum absolute atomic E-state index is 0.787. The van der Waals surface area contributed by atoms with E-state index in [1.807, 2.05) is 0 Å². The van der Waals surface area contributed by atoms with Crippen LogP contribution in [0.5, 0.6) is 0 Å². The monoisotopic (exact) mass is 252 g/mol. The van der Waals surface area contributed by atoms with Crippen molar-refractivity contribution in [1.29, 1.82) is 0 Å². The van der Waals surface area contributed by atoms with E-state index in [2.05, 4.69) is 10.1 Å². The van der Waals surface area contributed by atoms with Crippen molar-refractivity contribution in [2.24, 2.45) is 5.73 Å². The van der Waals surface area contributed by atoms with E-state index in [0.29, 0.717) is 0 Å². The van der Waals surface area contributed by atoms with Gasteiger partial charge in [-0.1, -0.05) is 0 Å². The zero-order valence-electron chi connectivity index (χ0n) is 9.06. The molecule has 0 saturated carbocycles. The number of carbonyl (C=O) groups excluding carboxylic acids is 1. The number of carbonyl (C=O) groups is 1.